The highest BCUT2D eigenvalue weighted by Crippen LogP contribution is 2.49. The Morgan fingerprint density at radius 2 is 1.02 bits per heavy atom. The van der Waals surface area contributed by atoms with Gasteiger partial charge in [0.2, 0.25) is 0 Å². The fraction of sp³-hybridized carbons (Fsp3) is 0.0857. The molecule has 5 aromatic carbocycles. The summed E-state index contributed by atoms with van der Waals surface area (Å²) in [5.74, 6) is 3.28. The molecule has 1 atom stereocenters. The molecule has 0 fully saturated rings. The Bertz CT molecular complexity index is 1620. The quantitative estimate of drug-likeness (QED) is 0.252. The van der Waals surface area contributed by atoms with Crippen LogP contribution < -0.4 is 15.0 Å². The maximum atomic E-state index is 6.17. The first-order valence-electron chi connectivity index (χ1n) is 13.6. The Hall–Kier alpha value is -5.16. The van der Waals surface area contributed by atoms with Crippen molar-refractivity contribution in [2.24, 2.45) is 9.98 Å². The topological polar surface area (TPSA) is 49.2 Å². The first kappa shape index (κ1) is 25.1. The summed E-state index contributed by atoms with van der Waals surface area (Å²) in [7, 11) is 0. The monoisotopic (exact) mass is 522 g/mol. The molecule has 1 unspecified atom stereocenters. The predicted octanol–water partition coefficient (Wildman–Crippen LogP) is 8.78. The molecule has 0 spiro atoms. The zero-order valence-corrected chi connectivity index (χ0v) is 22.5. The maximum absolute atomic E-state index is 6.17. The van der Waals surface area contributed by atoms with Crippen LogP contribution in [0, 0.1) is 0 Å². The first-order chi connectivity index (χ1) is 19.8. The van der Waals surface area contributed by atoms with E-state index in [0.717, 1.165) is 56.9 Å². The van der Waals surface area contributed by atoms with Gasteiger partial charge in [0.25, 0.3) is 0 Å². The van der Waals surface area contributed by atoms with Gasteiger partial charge < -0.3 is 15.0 Å². The summed E-state index contributed by atoms with van der Waals surface area (Å²) in [5, 5.41) is 3.48. The van der Waals surface area contributed by atoms with E-state index in [1.54, 1.807) is 0 Å². The fourth-order valence-electron chi connectivity index (χ4n) is 4.86. The van der Waals surface area contributed by atoms with Crippen LogP contribution >= 0.6 is 0 Å². The minimum atomic E-state index is -0.319. The van der Waals surface area contributed by atoms with Gasteiger partial charge in [0, 0.05) is 16.8 Å². The number of nitrogens with zero attached hydrogens (tertiary/aromatic N) is 3. The lowest BCUT2D eigenvalue weighted by atomic mass is 10.1. The van der Waals surface area contributed by atoms with Gasteiger partial charge in [-0.25, -0.2) is 9.98 Å². The van der Waals surface area contributed by atoms with Crippen molar-refractivity contribution in [1.29, 1.82) is 0 Å². The second kappa shape index (κ2) is 11.3. The van der Waals surface area contributed by atoms with Crippen molar-refractivity contribution in [3.05, 3.63) is 150 Å². The highest BCUT2D eigenvalue weighted by atomic mass is 16.5. The average Bonchev–Trinajstić information content (AvgIpc) is 3.05. The van der Waals surface area contributed by atoms with E-state index < -0.39 is 0 Å². The third-order valence-electron chi connectivity index (χ3n) is 6.72. The van der Waals surface area contributed by atoms with Crippen LogP contribution in [0.1, 0.15) is 36.7 Å². The zero-order valence-electron chi connectivity index (χ0n) is 22.5. The highest BCUT2D eigenvalue weighted by Gasteiger charge is 2.26. The SMILES string of the molecule is CC.c1ccc(C2=NC(c3ccccc3)N=C(c3ccc(N4c5ccccc5Oc5ccccc54)cc3)N2)cc1. The number of hydrogen-bond donors (Lipinski definition) is 1. The van der Waals surface area contributed by atoms with Crippen LogP contribution in [0.15, 0.2) is 143 Å². The number of rotatable bonds is 4. The summed E-state index contributed by atoms with van der Waals surface area (Å²) < 4.78 is 6.17. The summed E-state index contributed by atoms with van der Waals surface area (Å²) in [6, 6.07) is 45.1. The molecule has 2 aliphatic rings. The Morgan fingerprint density at radius 1 is 0.550 bits per heavy atom. The number of hydrogen-bond acceptors (Lipinski definition) is 5. The second-order valence-electron chi connectivity index (χ2n) is 9.15. The molecule has 2 aliphatic heterocycles. The van der Waals surface area contributed by atoms with Gasteiger partial charge in [-0.15, -0.1) is 0 Å². The van der Waals surface area contributed by atoms with Crippen LogP contribution in [0.2, 0.25) is 0 Å². The molecule has 0 saturated carbocycles. The smallest absolute Gasteiger partial charge is 0.169 e. The van der Waals surface area contributed by atoms with Crippen LogP contribution in [0.25, 0.3) is 0 Å². The predicted molar refractivity (Wildman–Crippen MR) is 164 cm³/mol. The molecule has 0 radical (unpaired) electrons. The van der Waals surface area contributed by atoms with Gasteiger partial charge in [0.05, 0.1) is 11.4 Å². The van der Waals surface area contributed by atoms with Crippen molar-refractivity contribution in [2.75, 3.05) is 4.90 Å². The normalized spacial score (nSPS) is 15.2. The number of fused-ring (bicyclic) bond motifs is 2. The molecule has 2 heterocycles. The molecule has 0 amide bonds. The van der Waals surface area contributed by atoms with Gasteiger partial charge in [-0.2, -0.15) is 0 Å². The maximum Gasteiger partial charge on any atom is 0.169 e. The first-order valence-corrected chi connectivity index (χ1v) is 13.6. The summed E-state index contributed by atoms with van der Waals surface area (Å²) in [5.41, 5.74) is 6.14. The van der Waals surface area contributed by atoms with Gasteiger partial charge in [-0.1, -0.05) is 98.8 Å². The van der Waals surface area contributed by atoms with Crippen molar-refractivity contribution >= 4 is 28.7 Å². The minimum absolute atomic E-state index is 0.319. The number of aliphatic imine (C=N–C) groups is 2. The molecule has 5 heteroatoms. The molecule has 0 aromatic heterocycles. The number of para-hydroxylation sites is 4. The summed E-state index contributed by atoms with van der Waals surface area (Å²) in [6.07, 6.45) is -0.319. The Balaban J connectivity index is 0.00000142. The molecule has 0 saturated heterocycles. The van der Waals surface area contributed by atoms with Crippen molar-refractivity contribution in [3.8, 4) is 11.5 Å². The van der Waals surface area contributed by atoms with Crippen LogP contribution in [0.3, 0.4) is 0 Å². The third-order valence-corrected chi connectivity index (χ3v) is 6.72. The third kappa shape index (κ3) is 4.85. The van der Waals surface area contributed by atoms with Gasteiger partial charge in [0.15, 0.2) is 17.7 Å². The zero-order chi connectivity index (χ0) is 27.3. The van der Waals surface area contributed by atoms with E-state index in [2.05, 4.69) is 70.9 Å². The van der Waals surface area contributed by atoms with Crippen LogP contribution in [-0.2, 0) is 0 Å². The largest absolute Gasteiger partial charge is 0.453 e. The average molecular weight is 523 g/mol. The minimum Gasteiger partial charge on any atom is -0.453 e. The van der Waals surface area contributed by atoms with E-state index in [0.29, 0.717) is 0 Å². The Labute approximate surface area is 235 Å². The summed E-state index contributed by atoms with van der Waals surface area (Å²) in [6.45, 7) is 4.00. The van der Waals surface area contributed by atoms with E-state index in [-0.39, 0.29) is 6.17 Å². The number of benzene rings is 5. The van der Waals surface area contributed by atoms with Crippen LogP contribution in [-0.4, -0.2) is 11.7 Å². The fourth-order valence-corrected chi connectivity index (χ4v) is 4.86. The summed E-state index contributed by atoms with van der Waals surface area (Å²) >= 11 is 0. The van der Waals surface area contributed by atoms with E-state index in [4.69, 9.17) is 14.7 Å². The number of ether oxygens (including phenoxy) is 1. The second-order valence-corrected chi connectivity index (χ2v) is 9.15. The molecule has 0 bridgehead atoms. The summed E-state index contributed by atoms with van der Waals surface area (Å²) in [4.78, 5) is 12.2. The van der Waals surface area contributed by atoms with Crippen LogP contribution in [0.4, 0.5) is 17.1 Å². The lowest BCUT2D eigenvalue weighted by molar-refractivity contribution is 0.477. The molecule has 1 N–H and O–H groups in total. The number of amidine groups is 2. The van der Waals surface area contributed by atoms with E-state index in [1.165, 1.54) is 0 Å². The van der Waals surface area contributed by atoms with Crippen molar-refractivity contribution in [1.82, 2.24) is 5.32 Å². The lowest BCUT2D eigenvalue weighted by Crippen LogP contribution is -2.36. The van der Waals surface area contributed by atoms with Gasteiger partial charge in [0.1, 0.15) is 11.7 Å². The Morgan fingerprint density at radius 3 is 1.60 bits per heavy atom. The molecule has 40 heavy (non-hydrogen) atoms. The molecular formula is C35H30N4O. The van der Waals surface area contributed by atoms with Crippen molar-refractivity contribution < 1.29 is 4.74 Å². The molecule has 196 valence electrons. The molecule has 5 aromatic rings. The molecule has 5 nitrogen and oxygen atoms in total. The van der Waals surface area contributed by atoms with Crippen LogP contribution in [0.5, 0.6) is 11.5 Å². The van der Waals surface area contributed by atoms with E-state index >= 15 is 0 Å². The van der Waals surface area contributed by atoms with Crippen molar-refractivity contribution in [3.63, 3.8) is 0 Å². The molecule has 7 rings (SSSR count). The molecule has 0 aliphatic carbocycles. The molecular weight excluding hydrogens is 492 g/mol. The van der Waals surface area contributed by atoms with Gasteiger partial charge in [-0.05, 0) is 54.1 Å². The highest BCUT2D eigenvalue weighted by molar-refractivity contribution is 6.16. The van der Waals surface area contributed by atoms with Gasteiger partial charge >= 0.3 is 0 Å². The lowest BCUT2D eigenvalue weighted by Gasteiger charge is -2.32. The van der Waals surface area contributed by atoms with Gasteiger partial charge in [-0.3, -0.25) is 0 Å². The van der Waals surface area contributed by atoms with E-state index in [1.807, 2.05) is 86.6 Å². The number of nitrogens with one attached hydrogen (secondary N) is 1. The Kier molecular flexibility index (Phi) is 7.10. The standard InChI is InChI=1S/C33H24N4O.C2H6/c1-3-11-23(12-4-1)31-34-32(24-13-5-2-6-14-24)36-33(35-31)25-19-21-26(22-20-25)37-27-15-7-9-17-29(27)38-30-18-10-8-16-28(30)37;1-2/h1-22,31H,(H,34,35,36);1-2H3. The van der Waals surface area contributed by atoms with Crippen molar-refractivity contribution in [2.45, 2.75) is 20.0 Å². The number of anilines is 3. The van der Waals surface area contributed by atoms with E-state index in [9.17, 15) is 0 Å².